The molecule has 1 aromatic heterocycles. The molecule has 0 spiro atoms. The number of alkyl halides is 3. The SMILES string of the molecule is Cn1cnc(OC(=O)N(Cc2ccccc2OC(F)(F)F)CC23CNCC2C3)c1. The van der Waals surface area contributed by atoms with Crippen LogP contribution >= 0.6 is 0 Å². The number of para-hydroxylation sites is 1. The topological polar surface area (TPSA) is 68.6 Å². The van der Waals surface area contributed by atoms with Gasteiger partial charge in [0, 0.05) is 31.1 Å². The first-order chi connectivity index (χ1) is 13.7. The van der Waals surface area contributed by atoms with Gasteiger partial charge in [-0.2, -0.15) is 0 Å². The molecule has 1 aliphatic carbocycles. The van der Waals surface area contributed by atoms with Crippen LogP contribution in [-0.4, -0.2) is 46.5 Å². The van der Waals surface area contributed by atoms with Gasteiger partial charge < -0.3 is 24.3 Å². The molecule has 2 fully saturated rings. The molecule has 29 heavy (non-hydrogen) atoms. The Bertz CT molecular complexity index is 901. The van der Waals surface area contributed by atoms with E-state index in [1.165, 1.54) is 29.4 Å². The number of amides is 1. The lowest BCUT2D eigenvalue weighted by Gasteiger charge is -2.26. The third kappa shape index (κ3) is 4.47. The summed E-state index contributed by atoms with van der Waals surface area (Å²) in [6.45, 7) is 1.98. The minimum Gasteiger partial charge on any atom is -0.405 e. The van der Waals surface area contributed by atoms with E-state index in [2.05, 4.69) is 15.0 Å². The van der Waals surface area contributed by atoms with Crippen LogP contribution < -0.4 is 14.8 Å². The number of halogens is 3. The molecule has 1 saturated carbocycles. The number of aromatic nitrogens is 2. The Morgan fingerprint density at radius 2 is 2.21 bits per heavy atom. The van der Waals surface area contributed by atoms with Gasteiger partial charge in [0.25, 0.3) is 0 Å². The molecule has 156 valence electrons. The first kappa shape index (κ1) is 19.6. The zero-order valence-electron chi connectivity index (χ0n) is 15.8. The second-order valence-corrected chi connectivity index (χ2v) is 7.65. The zero-order chi connectivity index (χ0) is 20.6. The predicted molar refractivity (Wildman–Crippen MR) is 96.2 cm³/mol. The Morgan fingerprint density at radius 3 is 2.83 bits per heavy atom. The van der Waals surface area contributed by atoms with E-state index in [4.69, 9.17) is 4.74 Å². The lowest BCUT2D eigenvalue weighted by Crippen LogP contribution is -2.39. The van der Waals surface area contributed by atoms with Crippen molar-refractivity contribution >= 4 is 6.09 Å². The van der Waals surface area contributed by atoms with E-state index in [1.807, 2.05) is 0 Å². The van der Waals surface area contributed by atoms with Crippen LogP contribution in [0.25, 0.3) is 0 Å². The third-order valence-corrected chi connectivity index (χ3v) is 5.42. The first-order valence-electron chi connectivity index (χ1n) is 9.23. The molecule has 2 aliphatic rings. The second kappa shape index (κ2) is 7.25. The molecular weight excluding hydrogens is 389 g/mol. The summed E-state index contributed by atoms with van der Waals surface area (Å²) >= 11 is 0. The van der Waals surface area contributed by atoms with Crippen molar-refractivity contribution in [1.29, 1.82) is 0 Å². The van der Waals surface area contributed by atoms with Crippen LogP contribution in [0.4, 0.5) is 18.0 Å². The molecule has 0 bridgehead atoms. The molecule has 2 unspecified atom stereocenters. The number of nitrogens with zero attached hydrogens (tertiary/aromatic N) is 3. The van der Waals surface area contributed by atoms with Gasteiger partial charge in [-0.05, 0) is 24.9 Å². The quantitative estimate of drug-likeness (QED) is 0.793. The van der Waals surface area contributed by atoms with E-state index in [0.29, 0.717) is 12.5 Å². The van der Waals surface area contributed by atoms with Crippen molar-refractivity contribution in [2.75, 3.05) is 19.6 Å². The van der Waals surface area contributed by atoms with Crippen molar-refractivity contribution in [3.05, 3.63) is 42.4 Å². The number of benzene rings is 1. The number of hydrogen-bond donors (Lipinski definition) is 1. The van der Waals surface area contributed by atoms with Crippen LogP contribution in [0.5, 0.6) is 11.6 Å². The fourth-order valence-corrected chi connectivity index (χ4v) is 3.91. The Morgan fingerprint density at radius 1 is 1.41 bits per heavy atom. The van der Waals surface area contributed by atoms with Gasteiger partial charge in [-0.25, -0.2) is 9.78 Å². The predicted octanol–water partition coefficient (Wildman–Crippen LogP) is 2.93. The number of nitrogens with one attached hydrogen (secondary N) is 1. The van der Waals surface area contributed by atoms with Crippen LogP contribution in [0.1, 0.15) is 12.0 Å². The zero-order valence-corrected chi connectivity index (χ0v) is 15.8. The van der Waals surface area contributed by atoms with Crippen molar-refractivity contribution < 1.29 is 27.4 Å². The van der Waals surface area contributed by atoms with Gasteiger partial charge in [-0.3, -0.25) is 0 Å². The number of aryl methyl sites for hydroxylation is 1. The number of fused-ring (bicyclic) bond motifs is 1. The number of hydrogen-bond acceptors (Lipinski definition) is 5. The Balaban J connectivity index is 1.55. The van der Waals surface area contributed by atoms with Crippen molar-refractivity contribution in [3.8, 4) is 11.6 Å². The van der Waals surface area contributed by atoms with E-state index < -0.39 is 12.5 Å². The maximum atomic E-state index is 12.8. The highest BCUT2D eigenvalue weighted by Crippen LogP contribution is 2.55. The highest BCUT2D eigenvalue weighted by Gasteiger charge is 2.58. The Hall–Kier alpha value is -2.75. The van der Waals surface area contributed by atoms with Crippen LogP contribution in [0, 0.1) is 11.3 Å². The van der Waals surface area contributed by atoms with Crippen LogP contribution in [0.15, 0.2) is 36.8 Å². The number of carbonyl (C=O) groups excluding carboxylic acids is 1. The van der Waals surface area contributed by atoms with Gasteiger partial charge in [0.05, 0.1) is 19.1 Å². The summed E-state index contributed by atoms with van der Waals surface area (Å²) in [5.74, 6) is 0.274. The van der Waals surface area contributed by atoms with Crippen molar-refractivity contribution in [1.82, 2.24) is 19.8 Å². The summed E-state index contributed by atoms with van der Waals surface area (Å²) in [6, 6.07) is 5.81. The fourth-order valence-electron chi connectivity index (χ4n) is 3.91. The Labute approximate surface area is 165 Å². The number of rotatable bonds is 6. The minimum absolute atomic E-state index is 0.0526. The molecule has 1 N–H and O–H groups in total. The molecule has 2 heterocycles. The summed E-state index contributed by atoms with van der Waals surface area (Å²) in [6.07, 6.45) is -1.45. The van der Waals surface area contributed by atoms with Gasteiger partial charge in [0.1, 0.15) is 5.75 Å². The van der Waals surface area contributed by atoms with Gasteiger partial charge in [0.15, 0.2) is 0 Å². The number of ether oxygens (including phenoxy) is 2. The Kier molecular flexibility index (Phi) is 4.89. The lowest BCUT2D eigenvalue weighted by molar-refractivity contribution is -0.275. The van der Waals surface area contributed by atoms with E-state index in [9.17, 15) is 18.0 Å². The molecule has 0 radical (unpaired) electrons. The molecule has 2 atom stereocenters. The maximum absolute atomic E-state index is 12.8. The number of carbonyl (C=O) groups is 1. The molecule has 4 rings (SSSR count). The summed E-state index contributed by atoms with van der Waals surface area (Å²) < 4.78 is 49.4. The van der Waals surface area contributed by atoms with Gasteiger partial charge in [-0.15, -0.1) is 13.2 Å². The number of imidazole rings is 1. The van der Waals surface area contributed by atoms with Crippen molar-refractivity contribution in [3.63, 3.8) is 0 Å². The molecule has 1 aliphatic heterocycles. The highest BCUT2D eigenvalue weighted by atomic mass is 19.4. The van der Waals surface area contributed by atoms with Gasteiger partial charge in [-0.1, -0.05) is 18.2 Å². The standard InChI is InChI=1S/C19H21F3N4O3/c1-25-9-16(24-12-25)28-17(27)26(11-18-6-14(18)7-23-10-18)8-13-4-2-3-5-15(13)29-19(20,21)22/h2-5,9,12,14,23H,6-8,10-11H2,1H3. The smallest absolute Gasteiger partial charge is 0.405 e. The normalized spacial score (nSPS) is 22.8. The maximum Gasteiger partial charge on any atom is 0.573 e. The minimum atomic E-state index is -4.81. The average Bonchev–Trinajstić information content (AvgIpc) is 2.94. The monoisotopic (exact) mass is 410 g/mol. The first-order valence-corrected chi connectivity index (χ1v) is 9.23. The van der Waals surface area contributed by atoms with E-state index in [0.717, 1.165) is 19.5 Å². The van der Waals surface area contributed by atoms with Crippen molar-refractivity contribution in [2.24, 2.45) is 18.4 Å². The summed E-state index contributed by atoms with van der Waals surface area (Å²) in [7, 11) is 1.74. The molecular formula is C19H21F3N4O3. The van der Waals surface area contributed by atoms with Crippen LogP contribution in [0.3, 0.4) is 0 Å². The van der Waals surface area contributed by atoms with Crippen LogP contribution in [0.2, 0.25) is 0 Å². The summed E-state index contributed by atoms with van der Waals surface area (Å²) in [4.78, 5) is 18.3. The number of piperidine rings is 1. The van der Waals surface area contributed by atoms with Gasteiger partial charge >= 0.3 is 12.5 Å². The molecule has 10 heteroatoms. The van der Waals surface area contributed by atoms with E-state index in [1.54, 1.807) is 23.9 Å². The third-order valence-electron chi connectivity index (χ3n) is 5.42. The molecule has 1 saturated heterocycles. The van der Waals surface area contributed by atoms with Gasteiger partial charge in [0.2, 0.25) is 5.88 Å². The molecule has 1 aromatic carbocycles. The average molecular weight is 410 g/mol. The highest BCUT2D eigenvalue weighted by molar-refractivity contribution is 5.70. The molecule has 1 amide bonds. The summed E-state index contributed by atoms with van der Waals surface area (Å²) in [5.41, 5.74) is 0.200. The largest absolute Gasteiger partial charge is 0.573 e. The van der Waals surface area contributed by atoms with E-state index in [-0.39, 0.29) is 29.2 Å². The summed E-state index contributed by atoms with van der Waals surface area (Å²) in [5, 5.41) is 3.30. The lowest BCUT2D eigenvalue weighted by atomic mass is 10.1. The van der Waals surface area contributed by atoms with Crippen molar-refractivity contribution in [2.45, 2.75) is 19.3 Å². The second-order valence-electron chi connectivity index (χ2n) is 7.65. The van der Waals surface area contributed by atoms with Crippen LogP contribution in [-0.2, 0) is 13.6 Å². The molecule has 7 nitrogen and oxygen atoms in total. The fraction of sp³-hybridized carbons (Fsp3) is 0.474. The molecule has 2 aromatic rings. The van der Waals surface area contributed by atoms with E-state index >= 15 is 0 Å².